The first-order chi connectivity index (χ1) is 17.9. The van der Waals surface area contributed by atoms with E-state index < -0.39 is 5.41 Å². The van der Waals surface area contributed by atoms with Crippen molar-refractivity contribution in [2.75, 3.05) is 34.3 Å². The maximum Gasteiger partial charge on any atom is 0.312 e. The Balaban J connectivity index is 0.00000370. The first-order valence-electron chi connectivity index (χ1n) is 16.1. The van der Waals surface area contributed by atoms with E-state index in [1.165, 1.54) is 19.3 Å². The Kier molecular flexibility index (Phi) is 8.37. The molecule has 0 saturated heterocycles. The maximum atomic E-state index is 14.0. The Labute approximate surface area is 254 Å². The molecule has 40 heavy (non-hydrogen) atoms. The van der Waals surface area contributed by atoms with E-state index in [4.69, 9.17) is 4.74 Å². The number of aliphatic hydroxyl groups is 1. The zero-order valence-electron chi connectivity index (χ0n) is 26.9. The summed E-state index contributed by atoms with van der Waals surface area (Å²) < 4.78 is 6.84. The third-order valence-electron chi connectivity index (χ3n) is 14.3. The first-order valence-corrected chi connectivity index (χ1v) is 16.1. The lowest BCUT2D eigenvalue weighted by atomic mass is 9.32. The van der Waals surface area contributed by atoms with E-state index in [0.29, 0.717) is 24.4 Å². The van der Waals surface area contributed by atoms with Crippen LogP contribution in [0.1, 0.15) is 106 Å². The Bertz CT molecular complexity index is 1010. The van der Waals surface area contributed by atoms with Gasteiger partial charge in [-0.25, -0.2) is 0 Å². The summed E-state index contributed by atoms with van der Waals surface area (Å²) in [4.78, 5) is 27.1. The molecule has 0 bridgehead atoms. The molecule has 5 aliphatic carbocycles. The fraction of sp³-hybridized carbons (Fsp3) is 0.941. The number of esters is 1. The molecule has 0 heterocycles. The number of likely N-dealkylation sites (N-methyl/N-ethyl adjacent to an activating group) is 1. The fourth-order valence-electron chi connectivity index (χ4n) is 11.9. The van der Waals surface area contributed by atoms with Crippen molar-refractivity contribution in [1.29, 1.82) is 0 Å². The second-order valence-corrected chi connectivity index (χ2v) is 17.1. The van der Waals surface area contributed by atoms with Gasteiger partial charge in [-0.05, 0) is 116 Å². The zero-order valence-corrected chi connectivity index (χ0v) is 28.5. The van der Waals surface area contributed by atoms with Gasteiger partial charge in [-0.3, -0.25) is 9.59 Å². The van der Waals surface area contributed by atoms with Gasteiger partial charge in [0.15, 0.2) is 0 Å². The number of hydrogen-bond acceptors (Lipinski definition) is 4. The van der Waals surface area contributed by atoms with Crippen molar-refractivity contribution in [3.05, 3.63) is 0 Å². The van der Waals surface area contributed by atoms with E-state index in [0.717, 1.165) is 56.0 Å². The predicted octanol–water partition coefficient (Wildman–Crippen LogP) is 3.27. The van der Waals surface area contributed by atoms with Crippen LogP contribution in [0.25, 0.3) is 0 Å². The summed E-state index contributed by atoms with van der Waals surface area (Å²) in [5.74, 6) is 1.90. The van der Waals surface area contributed by atoms with Crippen LogP contribution in [0.2, 0.25) is 0 Å². The molecule has 0 aromatic carbocycles. The number of ketones is 1. The zero-order chi connectivity index (χ0) is 28.8. The average Bonchev–Trinajstić information content (AvgIpc) is 3.23. The monoisotopic (exact) mass is 623 g/mol. The highest BCUT2D eigenvalue weighted by Crippen LogP contribution is 2.77. The summed E-state index contributed by atoms with van der Waals surface area (Å²) in [6.45, 7) is 15.3. The van der Waals surface area contributed by atoms with Crippen LogP contribution in [0.3, 0.4) is 0 Å². The molecule has 6 heteroatoms. The Morgan fingerprint density at radius 3 is 2.12 bits per heavy atom. The highest BCUT2D eigenvalue weighted by Gasteiger charge is 2.72. The number of nitrogens with zero attached hydrogens (tertiary/aromatic N) is 1. The number of Topliss-reactive ketones (excluding diaryl/α,β-unsaturated/α-hetero) is 1. The average molecular weight is 625 g/mol. The van der Waals surface area contributed by atoms with Crippen molar-refractivity contribution in [1.82, 2.24) is 0 Å². The minimum absolute atomic E-state index is 0. The SMILES string of the molecule is CC(=O)[C@@H]1CC[C@]2(C(=O)OCC[N+](C)(C)C)CC[C@]3(C)[C@H](CC[C@@H]4[C@@]5(C)CC[C@H](O)C(C)(C)[C@@H]5CC[C@]43C)[C@@H]12.[Br-]. The molecule has 5 aliphatic rings. The van der Waals surface area contributed by atoms with Gasteiger partial charge in [0.1, 0.15) is 18.9 Å². The molecule has 5 rings (SSSR count). The van der Waals surface area contributed by atoms with Gasteiger partial charge in [-0.1, -0.05) is 34.6 Å². The number of fused-ring (bicyclic) bond motifs is 7. The van der Waals surface area contributed by atoms with Gasteiger partial charge in [-0.2, -0.15) is 0 Å². The van der Waals surface area contributed by atoms with Crippen LogP contribution < -0.4 is 17.0 Å². The molecular formula is C34H58BrNO4. The molecule has 0 aromatic heterocycles. The molecule has 5 nitrogen and oxygen atoms in total. The van der Waals surface area contributed by atoms with Crippen LogP contribution in [0, 0.1) is 56.7 Å². The largest absolute Gasteiger partial charge is 1.00 e. The van der Waals surface area contributed by atoms with Crippen LogP contribution in [0.4, 0.5) is 0 Å². The Hall–Kier alpha value is -0.460. The number of carbonyl (C=O) groups is 2. The number of halogens is 1. The topological polar surface area (TPSA) is 63.6 Å². The summed E-state index contributed by atoms with van der Waals surface area (Å²) in [5, 5.41) is 11.0. The number of ether oxygens (including phenoxy) is 1. The first kappa shape index (κ1) is 32.5. The highest BCUT2D eigenvalue weighted by atomic mass is 79.9. The molecule has 0 amide bonds. The standard InChI is InChI=1S/C34H58NO4.BrH/c1-22(36)23-12-17-34(29(38)39-21-20-35(7,8)9)19-18-32(5)24(28(23)34)10-11-26-31(4)15-14-27(37)30(2,3)25(31)13-16-33(26,32)6;/h23-28,37H,10-21H2,1-9H3;1H/q+1;/p-1/t23-,24+,25-,26+,27-,28+,31-,32+,33+,34-;/m0./s1. The molecular weight excluding hydrogens is 566 g/mol. The molecule has 0 aromatic rings. The third kappa shape index (κ3) is 4.50. The molecule has 10 atom stereocenters. The molecule has 0 unspecified atom stereocenters. The van der Waals surface area contributed by atoms with E-state index in [1.807, 2.05) is 0 Å². The number of rotatable bonds is 5. The smallest absolute Gasteiger partial charge is 0.312 e. The van der Waals surface area contributed by atoms with Crippen molar-refractivity contribution in [3.8, 4) is 0 Å². The van der Waals surface area contributed by atoms with Gasteiger partial charge >= 0.3 is 5.97 Å². The maximum absolute atomic E-state index is 14.0. The summed E-state index contributed by atoms with van der Waals surface area (Å²) >= 11 is 0. The van der Waals surface area contributed by atoms with Gasteiger partial charge in [0, 0.05) is 5.92 Å². The molecule has 5 fully saturated rings. The van der Waals surface area contributed by atoms with Gasteiger partial charge in [-0.15, -0.1) is 0 Å². The van der Waals surface area contributed by atoms with Crippen molar-refractivity contribution < 1.29 is 40.9 Å². The molecule has 230 valence electrons. The van der Waals surface area contributed by atoms with Gasteiger partial charge < -0.3 is 31.3 Å². The number of hydrogen-bond donors (Lipinski definition) is 1. The van der Waals surface area contributed by atoms with Crippen LogP contribution in [0.5, 0.6) is 0 Å². The molecule has 1 N–H and O–H groups in total. The van der Waals surface area contributed by atoms with Crippen molar-refractivity contribution in [2.45, 2.75) is 112 Å². The fourth-order valence-corrected chi connectivity index (χ4v) is 11.9. The van der Waals surface area contributed by atoms with E-state index in [-0.39, 0.29) is 68.3 Å². The Morgan fingerprint density at radius 2 is 1.50 bits per heavy atom. The quantitative estimate of drug-likeness (QED) is 0.377. The van der Waals surface area contributed by atoms with Crippen molar-refractivity contribution in [3.63, 3.8) is 0 Å². The molecule has 0 aliphatic heterocycles. The lowest BCUT2D eigenvalue weighted by Gasteiger charge is -2.72. The number of aliphatic hydroxyl groups excluding tert-OH is 1. The van der Waals surface area contributed by atoms with E-state index in [9.17, 15) is 14.7 Å². The molecule has 0 spiro atoms. The second-order valence-electron chi connectivity index (χ2n) is 17.1. The third-order valence-corrected chi connectivity index (χ3v) is 14.3. The van der Waals surface area contributed by atoms with E-state index >= 15 is 0 Å². The van der Waals surface area contributed by atoms with Crippen LogP contribution in [-0.4, -0.2) is 61.7 Å². The van der Waals surface area contributed by atoms with Gasteiger partial charge in [0.05, 0.1) is 32.7 Å². The van der Waals surface area contributed by atoms with Crippen molar-refractivity contribution in [2.24, 2.45) is 56.7 Å². The number of carbonyl (C=O) groups excluding carboxylic acids is 2. The minimum Gasteiger partial charge on any atom is -1.00 e. The van der Waals surface area contributed by atoms with Crippen LogP contribution >= 0.6 is 0 Å². The Morgan fingerprint density at radius 1 is 0.825 bits per heavy atom. The van der Waals surface area contributed by atoms with Crippen LogP contribution in [-0.2, 0) is 14.3 Å². The van der Waals surface area contributed by atoms with Crippen LogP contribution in [0.15, 0.2) is 0 Å². The molecule has 0 radical (unpaired) electrons. The second kappa shape index (κ2) is 10.3. The highest BCUT2D eigenvalue weighted by molar-refractivity contribution is 5.84. The lowest BCUT2D eigenvalue weighted by molar-refractivity contribution is -0.870. The predicted molar refractivity (Wildman–Crippen MR) is 155 cm³/mol. The van der Waals surface area contributed by atoms with E-state index in [2.05, 4.69) is 55.8 Å². The van der Waals surface area contributed by atoms with Gasteiger partial charge in [0.25, 0.3) is 0 Å². The summed E-state index contributed by atoms with van der Waals surface area (Å²) in [6, 6.07) is 0. The summed E-state index contributed by atoms with van der Waals surface area (Å²) in [7, 11) is 6.39. The van der Waals surface area contributed by atoms with Crippen molar-refractivity contribution >= 4 is 11.8 Å². The summed E-state index contributed by atoms with van der Waals surface area (Å²) in [6.07, 6.45) is 10.1. The summed E-state index contributed by atoms with van der Waals surface area (Å²) in [5.41, 5.74) is -0.0126. The lowest BCUT2D eigenvalue weighted by Crippen LogP contribution is -3.00. The van der Waals surface area contributed by atoms with Gasteiger partial charge in [0.2, 0.25) is 0 Å². The number of quaternary nitrogens is 1. The van der Waals surface area contributed by atoms with E-state index in [1.54, 1.807) is 6.92 Å². The minimum atomic E-state index is -0.493. The normalized spacial score (nSPS) is 47.5. The molecule has 5 saturated carbocycles.